The molecule has 0 amide bonds. The minimum atomic E-state index is -0.272. The van der Waals surface area contributed by atoms with Crippen LogP contribution in [0.4, 0.5) is 11.6 Å². The highest BCUT2D eigenvalue weighted by Gasteiger charge is 2.09. The number of hydrogen-bond donors (Lipinski definition) is 2. The maximum absolute atomic E-state index is 12.7. The van der Waals surface area contributed by atoms with E-state index < -0.39 is 0 Å². The fourth-order valence-corrected chi connectivity index (χ4v) is 4.52. The number of hydrogen-bond acceptors (Lipinski definition) is 6. The number of rotatable bonds is 16. The Morgan fingerprint density at radius 3 is 1.55 bits per heavy atom. The lowest BCUT2D eigenvalue weighted by atomic mass is 10.1. The molecule has 38 heavy (non-hydrogen) atoms. The molecule has 0 unspecified atom stereocenters. The molecule has 8 heteroatoms. The molecule has 0 spiro atoms. The van der Waals surface area contributed by atoms with Crippen LogP contribution in [0.5, 0.6) is 0 Å². The van der Waals surface area contributed by atoms with E-state index in [1.54, 1.807) is 9.13 Å². The Kier molecular flexibility index (Phi) is 11.6. The minimum absolute atomic E-state index is 0.272. The number of nitrogens with one attached hydrogen (secondary N) is 2. The van der Waals surface area contributed by atoms with Crippen LogP contribution in [0.2, 0.25) is 0 Å². The summed E-state index contributed by atoms with van der Waals surface area (Å²) < 4.78 is 3.27. The first kappa shape index (κ1) is 29.1. The third kappa shape index (κ3) is 8.85. The average molecular weight is 521 g/mol. The Morgan fingerprint density at radius 1 is 0.684 bits per heavy atom. The lowest BCUT2D eigenvalue weighted by Gasteiger charge is -2.13. The third-order valence-corrected chi connectivity index (χ3v) is 6.70. The molecule has 0 bridgehead atoms. The lowest BCUT2D eigenvalue weighted by Crippen LogP contribution is -2.26. The van der Waals surface area contributed by atoms with E-state index in [1.165, 1.54) is 38.5 Å². The Morgan fingerprint density at radius 2 is 1.13 bits per heavy atom. The van der Waals surface area contributed by atoms with Crippen molar-refractivity contribution in [3.05, 3.63) is 79.9 Å². The standard InChI is InChI=1S/C30H44N6O2/c1-5-7-9-11-16-31-27-23(3)19-35(29(37)33-27)21-25-14-13-15-26(18-25)22-36-20-24(4)28(34-30(36)38)32-17-12-10-8-6-2/h13-15,18-20H,5-12,16-17,21-22H2,1-4H3,(H,31,33,37)(H,32,34,38). The van der Waals surface area contributed by atoms with E-state index in [0.29, 0.717) is 24.7 Å². The van der Waals surface area contributed by atoms with E-state index in [-0.39, 0.29) is 11.4 Å². The van der Waals surface area contributed by atoms with Gasteiger partial charge >= 0.3 is 11.4 Å². The SMILES string of the molecule is CCCCCCNc1nc(=O)n(Cc2cccc(Cn3cc(C)c(NCCCCCC)nc3=O)c2)cc1C. The third-order valence-electron chi connectivity index (χ3n) is 6.70. The second kappa shape index (κ2) is 15.1. The lowest BCUT2D eigenvalue weighted by molar-refractivity contribution is 0.680. The zero-order valence-corrected chi connectivity index (χ0v) is 23.6. The molecule has 3 rings (SSSR count). The molecule has 8 nitrogen and oxygen atoms in total. The molecule has 2 heterocycles. The van der Waals surface area contributed by atoms with E-state index in [9.17, 15) is 9.59 Å². The first-order chi connectivity index (χ1) is 18.4. The maximum atomic E-state index is 12.7. The highest BCUT2D eigenvalue weighted by Crippen LogP contribution is 2.13. The zero-order chi connectivity index (χ0) is 27.3. The predicted octanol–water partition coefficient (Wildman–Crippen LogP) is 5.50. The molecule has 0 aliphatic rings. The van der Waals surface area contributed by atoms with Crippen molar-refractivity contribution in [3.8, 4) is 0 Å². The van der Waals surface area contributed by atoms with Crippen molar-refractivity contribution in [1.29, 1.82) is 0 Å². The number of benzene rings is 1. The van der Waals surface area contributed by atoms with E-state index >= 15 is 0 Å². The Bertz CT molecular complexity index is 1190. The summed E-state index contributed by atoms with van der Waals surface area (Å²) in [4.78, 5) is 34.0. The van der Waals surface area contributed by atoms with Gasteiger partial charge in [-0.05, 0) is 37.8 Å². The fraction of sp³-hybridized carbons (Fsp3) is 0.533. The van der Waals surface area contributed by atoms with Crippen LogP contribution in [-0.4, -0.2) is 32.2 Å². The van der Waals surface area contributed by atoms with Crippen LogP contribution in [0.1, 0.15) is 87.5 Å². The molecule has 0 atom stereocenters. The van der Waals surface area contributed by atoms with Gasteiger partial charge in [0.1, 0.15) is 11.6 Å². The molecule has 0 fully saturated rings. The first-order valence-electron chi connectivity index (χ1n) is 14.1. The molecular formula is C30H44N6O2. The minimum Gasteiger partial charge on any atom is -0.370 e. The Hall–Kier alpha value is -3.42. The summed E-state index contributed by atoms with van der Waals surface area (Å²) in [5, 5.41) is 6.61. The van der Waals surface area contributed by atoms with E-state index in [2.05, 4.69) is 34.4 Å². The highest BCUT2D eigenvalue weighted by molar-refractivity contribution is 5.42. The van der Waals surface area contributed by atoms with Crippen LogP contribution in [0.25, 0.3) is 0 Å². The molecule has 1 aromatic carbocycles. The Labute approximate surface area is 226 Å². The van der Waals surface area contributed by atoms with Crippen LogP contribution >= 0.6 is 0 Å². The number of anilines is 2. The van der Waals surface area contributed by atoms with Gasteiger partial charge in [0.25, 0.3) is 0 Å². The Balaban J connectivity index is 1.64. The predicted molar refractivity (Wildman–Crippen MR) is 156 cm³/mol. The summed E-state index contributed by atoms with van der Waals surface area (Å²) in [7, 11) is 0. The van der Waals surface area contributed by atoms with Crippen LogP contribution in [0, 0.1) is 13.8 Å². The van der Waals surface area contributed by atoms with Crippen LogP contribution in [-0.2, 0) is 13.1 Å². The summed E-state index contributed by atoms with van der Waals surface area (Å²) in [6, 6.07) is 7.97. The average Bonchev–Trinajstić information content (AvgIpc) is 2.89. The maximum Gasteiger partial charge on any atom is 0.349 e. The van der Waals surface area contributed by atoms with E-state index in [1.807, 2.05) is 50.5 Å². The fourth-order valence-electron chi connectivity index (χ4n) is 4.52. The number of nitrogens with zero attached hydrogens (tertiary/aromatic N) is 4. The van der Waals surface area contributed by atoms with Crippen molar-refractivity contribution in [2.75, 3.05) is 23.7 Å². The summed E-state index contributed by atoms with van der Waals surface area (Å²) in [5.41, 5.74) is 3.31. The largest absolute Gasteiger partial charge is 0.370 e. The molecule has 2 N–H and O–H groups in total. The second-order valence-corrected chi connectivity index (χ2v) is 10.2. The van der Waals surface area contributed by atoms with Gasteiger partial charge in [-0.25, -0.2) is 9.59 Å². The molecule has 0 saturated carbocycles. The molecule has 2 aromatic heterocycles. The number of aryl methyl sites for hydroxylation is 2. The van der Waals surface area contributed by atoms with E-state index in [4.69, 9.17) is 0 Å². The van der Waals surface area contributed by atoms with Crippen molar-refractivity contribution in [3.63, 3.8) is 0 Å². The monoisotopic (exact) mass is 520 g/mol. The summed E-state index contributed by atoms with van der Waals surface area (Å²) in [6.45, 7) is 10.8. The van der Waals surface area contributed by atoms with Gasteiger partial charge in [-0.3, -0.25) is 9.13 Å². The van der Waals surface area contributed by atoms with Gasteiger partial charge in [-0.15, -0.1) is 0 Å². The normalized spacial score (nSPS) is 11.1. The molecule has 3 aromatic rings. The van der Waals surface area contributed by atoms with Crippen molar-refractivity contribution in [1.82, 2.24) is 19.1 Å². The van der Waals surface area contributed by atoms with Crippen LogP contribution in [0.3, 0.4) is 0 Å². The van der Waals surface area contributed by atoms with Crippen molar-refractivity contribution >= 4 is 11.6 Å². The van der Waals surface area contributed by atoms with Crippen molar-refractivity contribution in [2.45, 2.75) is 92.2 Å². The van der Waals surface area contributed by atoms with Crippen LogP contribution < -0.4 is 22.0 Å². The molecule has 206 valence electrons. The van der Waals surface area contributed by atoms with Gasteiger partial charge in [-0.2, -0.15) is 9.97 Å². The van der Waals surface area contributed by atoms with Gasteiger partial charge in [0.2, 0.25) is 0 Å². The smallest absolute Gasteiger partial charge is 0.349 e. The summed E-state index contributed by atoms with van der Waals surface area (Å²) in [6.07, 6.45) is 13.1. The topological polar surface area (TPSA) is 93.8 Å². The quantitative estimate of drug-likeness (QED) is 0.242. The van der Waals surface area contributed by atoms with Gasteiger partial charge in [0, 0.05) is 36.6 Å². The van der Waals surface area contributed by atoms with Gasteiger partial charge in [-0.1, -0.05) is 76.6 Å². The molecule has 0 aliphatic heterocycles. The van der Waals surface area contributed by atoms with Crippen molar-refractivity contribution in [2.24, 2.45) is 0 Å². The van der Waals surface area contributed by atoms with Gasteiger partial charge in [0.05, 0.1) is 13.1 Å². The molecule has 0 saturated heterocycles. The summed E-state index contributed by atoms with van der Waals surface area (Å²) in [5.74, 6) is 1.33. The molecule has 0 aliphatic carbocycles. The number of aromatic nitrogens is 4. The highest BCUT2D eigenvalue weighted by atomic mass is 16.1. The molecule has 0 radical (unpaired) electrons. The molecular weight excluding hydrogens is 476 g/mol. The zero-order valence-electron chi connectivity index (χ0n) is 23.6. The van der Waals surface area contributed by atoms with Crippen LogP contribution in [0.15, 0.2) is 46.2 Å². The van der Waals surface area contributed by atoms with E-state index in [0.717, 1.165) is 48.2 Å². The second-order valence-electron chi connectivity index (χ2n) is 10.2. The first-order valence-corrected chi connectivity index (χ1v) is 14.1. The number of unbranched alkanes of at least 4 members (excludes halogenated alkanes) is 6. The van der Waals surface area contributed by atoms with Gasteiger partial charge < -0.3 is 10.6 Å². The van der Waals surface area contributed by atoms with Crippen molar-refractivity contribution < 1.29 is 0 Å². The summed E-state index contributed by atoms with van der Waals surface area (Å²) >= 11 is 0. The van der Waals surface area contributed by atoms with Gasteiger partial charge in [0.15, 0.2) is 0 Å².